The summed E-state index contributed by atoms with van der Waals surface area (Å²) < 4.78 is 5.22. The van der Waals surface area contributed by atoms with Gasteiger partial charge in [0.15, 0.2) is 5.76 Å². The van der Waals surface area contributed by atoms with E-state index in [0.29, 0.717) is 23.6 Å². The molecule has 5 heteroatoms. The van der Waals surface area contributed by atoms with E-state index in [4.69, 9.17) is 10.3 Å². The van der Waals surface area contributed by atoms with E-state index in [1.807, 2.05) is 18.2 Å². The second kappa shape index (κ2) is 3.60. The van der Waals surface area contributed by atoms with Gasteiger partial charge in [0.2, 0.25) is 5.91 Å². The van der Waals surface area contributed by atoms with Crippen LogP contribution in [0.25, 0.3) is 11.3 Å². The molecule has 1 aliphatic heterocycles. The van der Waals surface area contributed by atoms with Gasteiger partial charge in [-0.05, 0) is 30.7 Å². The molecular weight excluding hydrogens is 230 g/mol. The molecule has 0 radical (unpaired) electrons. The van der Waals surface area contributed by atoms with E-state index in [9.17, 15) is 4.79 Å². The average molecular weight is 243 g/mol. The highest BCUT2D eigenvalue weighted by molar-refractivity contribution is 6.01. The highest BCUT2D eigenvalue weighted by atomic mass is 16.5. The predicted molar refractivity (Wildman–Crippen MR) is 68.2 cm³/mol. The van der Waals surface area contributed by atoms with Crippen LogP contribution in [0.4, 0.5) is 11.4 Å². The second-order valence-electron chi connectivity index (χ2n) is 4.48. The first-order valence-corrected chi connectivity index (χ1v) is 5.69. The number of carbonyl (C=O) groups excluding carboxylic acids is 1. The molecule has 1 amide bonds. The Balaban J connectivity index is 2.10. The molecule has 2 N–H and O–H groups in total. The van der Waals surface area contributed by atoms with Gasteiger partial charge in [-0.2, -0.15) is 0 Å². The van der Waals surface area contributed by atoms with Crippen molar-refractivity contribution < 1.29 is 9.32 Å². The Morgan fingerprint density at radius 3 is 2.89 bits per heavy atom. The van der Waals surface area contributed by atoms with Crippen molar-refractivity contribution in [1.29, 1.82) is 0 Å². The van der Waals surface area contributed by atoms with E-state index in [2.05, 4.69) is 5.16 Å². The molecule has 2 heterocycles. The number of amides is 1. The fourth-order valence-corrected chi connectivity index (χ4v) is 2.20. The van der Waals surface area contributed by atoms with Crippen LogP contribution < -0.4 is 10.6 Å². The van der Waals surface area contributed by atoms with Gasteiger partial charge in [0.05, 0.1) is 6.42 Å². The quantitative estimate of drug-likeness (QED) is 0.828. The van der Waals surface area contributed by atoms with E-state index in [-0.39, 0.29) is 5.91 Å². The summed E-state index contributed by atoms with van der Waals surface area (Å²) in [5, 5.41) is 3.84. The van der Waals surface area contributed by atoms with Gasteiger partial charge in [-0.1, -0.05) is 5.16 Å². The molecule has 0 saturated heterocycles. The molecule has 1 aromatic heterocycles. The molecule has 0 unspecified atom stereocenters. The lowest BCUT2D eigenvalue weighted by atomic mass is 10.1. The van der Waals surface area contributed by atoms with Crippen LogP contribution in [-0.2, 0) is 11.2 Å². The van der Waals surface area contributed by atoms with Crippen molar-refractivity contribution in [3.8, 4) is 11.3 Å². The Labute approximate surface area is 104 Å². The van der Waals surface area contributed by atoms with Crippen molar-refractivity contribution in [2.45, 2.75) is 13.3 Å². The van der Waals surface area contributed by atoms with Gasteiger partial charge in [0, 0.05) is 18.3 Å². The number of hydrogen-bond acceptors (Lipinski definition) is 4. The normalized spacial score (nSPS) is 14.1. The number of nitrogens with two attached hydrogens (primary N) is 1. The van der Waals surface area contributed by atoms with Gasteiger partial charge in [-0.25, -0.2) is 0 Å². The van der Waals surface area contributed by atoms with Crippen molar-refractivity contribution in [2.24, 2.45) is 0 Å². The predicted octanol–water partition coefficient (Wildman–Crippen LogP) is 1.75. The minimum Gasteiger partial charge on any atom is -0.394 e. The third-order valence-electron chi connectivity index (χ3n) is 3.33. The summed E-state index contributed by atoms with van der Waals surface area (Å²) in [7, 11) is 1.78. The van der Waals surface area contributed by atoms with E-state index in [1.54, 1.807) is 18.9 Å². The molecule has 1 aromatic carbocycles. The van der Waals surface area contributed by atoms with Crippen LogP contribution in [0.3, 0.4) is 0 Å². The van der Waals surface area contributed by atoms with Crippen molar-refractivity contribution in [3.63, 3.8) is 0 Å². The smallest absolute Gasteiger partial charge is 0.231 e. The zero-order chi connectivity index (χ0) is 12.9. The minimum absolute atomic E-state index is 0.101. The number of rotatable bonds is 1. The molecule has 0 atom stereocenters. The molecular formula is C13H13N3O2. The fourth-order valence-electron chi connectivity index (χ4n) is 2.20. The summed E-state index contributed by atoms with van der Waals surface area (Å²) in [6.45, 7) is 1.80. The molecule has 1 aliphatic rings. The first kappa shape index (κ1) is 10.8. The maximum Gasteiger partial charge on any atom is 0.231 e. The fraction of sp³-hybridized carbons (Fsp3) is 0.231. The van der Waals surface area contributed by atoms with Crippen molar-refractivity contribution in [2.75, 3.05) is 17.7 Å². The number of likely N-dealkylation sites (N-methyl/N-ethyl adjacent to an activating group) is 1. The average Bonchev–Trinajstić information content (AvgIpc) is 2.82. The van der Waals surface area contributed by atoms with E-state index in [0.717, 1.165) is 16.8 Å². The van der Waals surface area contributed by atoms with Gasteiger partial charge >= 0.3 is 0 Å². The number of fused-ring (bicyclic) bond motifs is 1. The van der Waals surface area contributed by atoms with Crippen LogP contribution in [0.1, 0.15) is 11.3 Å². The van der Waals surface area contributed by atoms with Crippen molar-refractivity contribution in [3.05, 3.63) is 29.5 Å². The summed E-state index contributed by atoms with van der Waals surface area (Å²) in [6, 6.07) is 5.74. The molecule has 92 valence electrons. The Morgan fingerprint density at radius 2 is 2.22 bits per heavy atom. The van der Waals surface area contributed by atoms with Crippen LogP contribution in [0.5, 0.6) is 0 Å². The van der Waals surface area contributed by atoms with Gasteiger partial charge in [-0.3, -0.25) is 4.79 Å². The summed E-state index contributed by atoms with van der Waals surface area (Å²) in [5.74, 6) is 0.668. The minimum atomic E-state index is 0.101. The van der Waals surface area contributed by atoms with Crippen LogP contribution in [0.2, 0.25) is 0 Å². The van der Waals surface area contributed by atoms with Gasteiger partial charge < -0.3 is 15.2 Å². The number of hydrogen-bond donors (Lipinski definition) is 1. The molecule has 5 nitrogen and oxygen atoms in total. The van der Waals surface area contributed by atoms with Gasteiger partial charge in [-0.15, -0.1) is 0 Å². The van der Waals surface area contributed by atoms with Gasteiger partial charge in [0.25, 0.3) is 0 Å². The molecule has 0 spiro atoms. The monoisotopic (exact) mass is 243 g/mol. The third-order valence-corrected chi connectivity index (χ3v) is 3.33. The van der Waals surface area contributed by atoms with E-state index >= 15 is 0 Å². The highest BCUT2D eigenvalue weighted by Gasteiger charge is 2.25. The Morgan fingerprint density at radius 1 is 1.44 bits per heavy atom. The number of aryl methyl sites for hydroxylation is 1. The Bertz CT molecular complexity index is 646. The van der Waals surface area contributed by atoms with Crippen LogP contribution >= 0.6 is 0 Å². The zero-order valence-corrected chi connectivity index (χ0v) is 10.2. The number of benzene rings is 1. The molecule has 2 aromatic rings. The summed E-state index contributed by atoms with van der Waals surface area (Å²) in [5.41, 5.74) is 9.92. The maximum atomic E-state index is 11.6. The number of aromatic nitrogens is 1. The Hall–Kier alpha value is -2.30. The SMILES string of the molecule is Cc1noc(-c2ccc3c(c2)CC(=O)N3C)c1N. The molecule has 0 fully saturated rings. The highest BCUT2D eigenvalue weighted by Crippen LogP contribution is 2.34. The molecule has 0 saturated carbocycles. The van der Waals surface area contributed by atoms with Crippen LogP contribution in [-0.4, -0.2) is 18.1 Å². The lowest BCUT2D eigenvalue weighted by Gasteiger charge is -2.09. The molecule has 0 bridgehead atoms. The van der Waals surface area contributed by atoms with Crippen molar-refractivity contribution >= 4 is 17.3 Å². The first-order chi connectivity index (χ1) is 8.58. The topological polar surface area (TPSA) is 72.4 Å². The molecule has 0 aliphatic carbocycles. The zero-order valence-electron chi connectivity index (χ0n) is 10.2. The van der Waals surface area contributed by atoms with Crippen LogP contribution in [0, 0.1) is 6.92 Å². The largest absolute Gasteiger partial charge is 0.394 e. The summed E-state index contributed by atoms with van der Waals surface area (Å²) in [6.07, 6.45) is 0.423. The lowest BCUT2D eigenvalue weighted by Crippen LogP contribution is -2.20. The number of carbonyl (C=O) groups is 1. The van der Waals surface area contributed by atoms with E-state index in [1.165, 1.54) is 0 Å². The Kier molecular flexibility index (Phi) is 2.16. The van der Waals surface area contributed by atoms with E-state index < -0.39 is 0 Å². The second-order valence-corrected chi connectivity index (χ2v) is 4.48. The standard InChI is InChI=1S/C13H13N3O2/c1-7-12(14)13(18-15-7)8-3-4-10-9(5-8)6-11(17)16(10)2/h3-5H,6,14H2,1-2H3. The number of nitrogens with zero attached hydrogens (tertiary/aromatic N) is 2. The first-order valence-electron chi connectivity index (χ1n) is 5.69. The third kappa shape index (κ3) is 1.40. The number of anilines is 2. The van der Waals surface area contributed by atoms with Gasteiger partial charge in [0.1, 0.15) is 11.4 Å². The summed E-state index contributed by atoms with van der Waals surface area (Å²) >= 11 is 0. The lowest BCUT2D eigenvalue weighted by molar-refractivity contribution is -0.117. The van der Waals surface area contributed by atoms with Crippen molar-refractivity contribution in [1.82, 2.24) is 5.16 Å². The number of nitrogen functional groups attached to an aromatic ring is 1. The summed E-state index contributed by atoms with van der Waals surface area (Å²) in [4.78, 5) is 13.3. The molecule has 3 rings (SSSR count). The molecule has 18 heavy (non-hydrogen) atoms. The maximum absolute atomic E-state index is 11.6. The van der Waals surface area contributed by atoms with Crippen LogP contribution in [0.15, 0.2) is 22.7 Å².